The average Bonchev–Trinajstić information content (AvgIpc) is 3.07. The van der Waals surface area contributed by atoms with Gasteiger partial charge >= 0.3 is 0 Å². The molecule has 0 unspecified atom stereocenters. The Labute approximate surface area is 289 Å². The fourth-order valence-corrected chi connectivity index (χ4v) is 7.73. The molecule has 2 aromatic rings. The molecule has 0 aromatic heterocycles. The summed E-state index contributed by atoms with van der Waals surface area (Å²) in [4.78, 5) is 0. The van der Waals surface area contributed by atoms with E-state index in [9.17, 15) is 0 Å². The van der Waals surface area contributed by atoms with Gasteiger partial charge in [-0.1, -0.05) is 224 Å². The smallest absolute Gasteiger partial charge is 0.0149 e. The van der Waals surface area contributed by atoms with Crippen LogP contribution in [0.2, 0.25) is 0 Å². The number of hydrogen-bond acceptors (Lipinski definition) is 0. The Hall–Kier alpha value is -1.30. The first-order chi connectivity index (χ1) is 22.8. The summed E-state index contributed by atoms with van der Waals surface area (Å²) in [6, 6.07) is 12.0. The molecule has 0 aliphatic heterocycles. The van der Waals surface area contributed by atoms with Gasteiger partial charge in [0.25, 0.3) is 0 Å². The van der Waals surface area contributed by atoms with E-state index in [2.05, 4.69) is 51.1 Å². The van der Waals surface area contributed by atoms with Crippen LogP contribution in [0, 0.1) is 0 Å². The van der Waals surface area contributed by atoms with Gasteiger partial charge in [-0.2, -0.15) is 0 Å². The second-order valence-electron chi connectivity index (χ2n) is 15.0. The van der Waals surface area contributed by atoms with Crippen molar-refractivity contribution in [3.63, 3.8) is 0 Å². The number of unbranched alkanes of at least 4 members (excludes halogenated alkanes) is 27. The van der Waals surface area contributed by atoms with Crippen LogP contribution in [0.5, 0.6) is 0 Å². The zero-order valence-corrected chi connectivity index (χ0v) is 31.7. The maximum absolute atomic E-state index is 2.61. The molecule has 0 bridgehead atoms. The molecule has 0 heterocycles. The molecule has 0 saturated heterocycles. The number of rotatable bonds is 33. The van der Waals surface area contributed by atoms with Gasteiger partial charge in [-0.25, -0.2) is 0 Å². The summed E-state index contributed by atoms with van der Waals surface area (Å²) in [5.41, 5.74) is 5.21. The van der Waals surface area contributed by atoms with Gasteiger partial charge in [0.15, 0.2) is 0 Å². The van der Waals surface area contributed by atoms with Gasteiger partial charge in [-0.15, -0.1) is 0 Å². The Morgan fingerprint density at radius 1 is 0.326 bits per heavy atom. The molecular weight excluding hydrogens is 553 g/mol. The molecule has 0 atom stereocenters. The Morgan fingerprint density at radius 3 is 1.07 bits per heavy atom. The molecule has 2 aromatic carbocycles. The summed E-state index contributed by atoms with van der Waals surface area (Å²) >= 11 is 0. The normalized spacial score (nSPS) is 11.6. The Bertz CT molecular complexity index is 938. The Morgan fingerprint density at radius 2 is 0.652 bits per heavy atom. The van der Waals surface area contributed by atoms with Gasteiger partial charge < -0.3 is 0 Å². The first kappa shape index (κ1) is 40.9. The first-order valence-corrected chi connectivity index (χ1v) is 21.3. The van der Waals surface area contributed by atoms with Gasteiger partial charge in [0.2, 0.25) is 0 Å². The van der Waals surface area contributed by atoms with E-state index in [0.29, 0.717) is 0 Å². The van der Waals surface area contributed by atoms with Gasteiger partial charge in [0.05, 0.1) is 0 Å². The standard InChI is InChI=1S/C46H80/c1-4-7-10-13-16-19-22-25-28-31-36-42-41-43-37-34-35-39-45(43)46(40-33-30-27-24-21-18-15-12-9-6-3)44(42)38-32-29-26-23-20-17-14-11-8-5-2/h34-35,37,39,41H,4-33,36,38,40H2,1-3H3. The molecule has 0 amide bonds. The van der Waals surface area contributed by atoms with Crippen LogP contribution in [-0.4, -0.2) is 0 Å². The van der Waals surface area contributed by atoms with E-state index in [1.165, 1.54) is 217 Å². The zero-order valence-electron chi connectivity index (χ0n) is 31.7. The molecule has 0 fully saturated rings. The number of fused-ring (bicyclic) bond motifs is 1. The molecule has 0 nitrogen and oxygen atoms in total. The van der Waals surface area contributed by atoms with E-state index >= 15 is 0 Å². The lowest BCUT2D eigenvalue weighted by Crippen LogP contribution is -2.04. The first-order valence-electron chi connectivity index (χ1n) is 21.3. The molecular formula is C46H80. The van der Waals surface area contributed by atoms with Crippen LogP contribution in [0.1, 0.15) is 230 Å². The van der Waals surface area contributed by atoms with Crippen molar-refractivity contribution < 1.29 is 0 Å². The third-order valence-electron chi connectivity index (χ3n) is 10.7. The summed E-state index contributed by atoms with van der Waals surface area (Å²) < 4.78 is 0. The minimum absolute atomic E-state index is 1.29. The van der Waals surface area contributed by atoms with E-state index in [4.69, 9.17) is 0 Å². The highest BCUT2D eigenvalue weighted by atomic mass is 14.2. The lowest BCUT2D eigenvalue weighted by atomic mass is 9.86. The topological polar surface area (TPSA) is 0 Å². The van der Waals surface area contributed by atoms with Crippen molar-refractivity contribution in [3.8, 4) is 0 Å². The Kier molecular flexibility index (Phi) is 26.5. The fourth-order valence-electron chi connectivity index (χ4n) is 7.73. The van der Waals surface area contributed by atoms with Crippen LogP contribution < -0.4 is 0 Å². The van der Waals surface area contributed by atoms with Crippen molar-refractivity contribution in [1.82, 2.24) is 0 Å². The minimum atomic E-state index is 1.29. The van der Waals surface area contributed by atoms with Gasteiger partial charge in [0.1, 0.15) is 0 Å². The van der Waals surface area contributed by atoms with Crippen LogP contribution in [0.15, 0.2) is 30.3 Å². The zero-order chi connectivity index (χ0) is 32.8. The summed E-state index contributed by atoms with van der Waals surface area (Å²) in [5, 5.41) is 3.06. The third-order valence-corrected chi connectivity index (χ3v) is 10.7. The summed E-state index contributed by atoms with van der Waals surface area (Å²) in [6.07, 6.45) is 46.6. The largest absolute Gasteiger partial charge is 0.0654 e. The van der Waals surface area contributed by atoms with Crippen molar-refractivity contribution >= 4 is 10.8 Å². The van der Waals surface area contributed by atoms with Crippen molar-refractivity contribution in [2.24, 2.45) is 0 Å². The quantitative estimate of drug-likeness (QED) is 0.0687. The van der Waals surface area contributed by atoms with Crippen molar-refractivity contribution in [3.05, 3.63) is 47.0 Å². The van der Waals surface area contributed by atoms with Crippen LogP contribution in [0.3, 0.4) is 0 Å². The summed E-state index contributed by atoms with van der Waals surface area (Å²) in [5.74, 6) is 0. The van der Waals surface area contributed by atoms with Crippen LogP contribution >= 0.6 is 0 Å². The molecule has 0 heteroatoms. The summed E-state index contributed by atoms with van der Waals surface area (Å²) in [7, 11) is 0. The monoisotopic (exact) mass is 633 g/mol. The lowest BCUT2D eigenvalue weighted by molar-refractivity contribution is 0.551. The van der Waals surface area contributed by atoms with Crippen LogP contribution in [0.25, 0.3) is 10.8 Å². The number of hydrogen-bond donors (Lipinski definition) is 0. The molecule has 0 aliphatic rings. The summed E-state index contributed by atoms with van der Waals surface area (Å²) in [6.45, 7) is 6.96. The highest BCUT2D eigenvalue weighted by Crippen LogP contribution is 2.31. The maximum Gasteiger partial charge on any atom is -0.0149 e. The van der Waals surface area contributed by atoms with E-state index in [-0.39, 0.29) is 0 Å². The van der Waals surface area contributed by atoms with Crippen LogP contribution in [0.4, 0.5) is 0 Å². The molecule has 0 radical (unpaired) electrons. The second-order valence-corrected chi connectivity index (χ2v) is 15.0. The predicted molar refractivity (Wildman–Crippen MR) is 211 cm³/mol. The molecule has 0 saturated carbocycles. The van der Waals surface area contributed by atoms with E-state index in [1.807, 2.05) is 0 Å². The maximum atomic E-state index is 2.61. The molecule has 2 rings (SSSR count). The van der Waals surface area contributed by atoms with E-state index in [1.54, 1.807) is 22.1 Å². The van der Waals surface area contributed by atoms with E-state index < -0.39 is 0 Å². The molecule has 0 spiro atoms. The Balaban J connectivity index is 1.93. The fraction of sp³-hybridized carbons (Fsp3) is 0.783. The highest BCUT2D eigenvalue weighted by molar-refractivity contribution is 5.88. The lowest BCUT2D eigenvalue weighted by Gasteiger charge is -2.19. The van der Waals surface area contributed by atoms with Crippen molar-refractivity contribution in [2.75, 3.05) is 0 Å². The molecule has 0 aliphatic carbocycles. The van der Waals surface area contributed by atoms with Crippen molar-refractivity contribution in [1.29, 1.82) is 0 Å². The number of aryl methyl sites for hydroxylation is 2. The highest BCUT2D eigenvalue weighted by Gasteiger charge is 2.14. The average molecular weight is 633 g/mol. The minimum Gasteiger partial charge on any atom is -0.0654 e. The molecule has 264 valence electrons. The SMILES string of the molecule is CCCCCCCCCCCCc1cc2ccccc2c(CCCCCCCCCCCC)c1CCCCCCCCCCCC. The van der Waals surface area contributed by atoms with Gasteiger partial charge in [-0.05, 0) is 66.0 Å². The number of benzene rings is 2. The van der Waals surface area contributed by atoms with Gasteiger partial charge in [0, 0.05) is 0 Å². The van der Waals surface area contributed by atoms with Crippen molar-refractivity contribution in [2.45, 2.75) is 233 Å². The molecule has 46 heavy (non-hydrogen) atoms. The van der Waals surface area contributed by atoms with E-state index in [0.717, 1.165) is 0 Å². The molecule has 0 N–H and O–H groups in total. The van der Waals surface area contributed by atoms with Crippen LogP contribution in [-0.2, 0) is 19.3 Å². The van der Waals surface area contributed by atoms with Gasteiger partial charge in [-0.3, -0.25) is 0 Å². The predicted octanol–water partition coefficient (Wildman–Crippen LogP) is 16.2. The third kappa shape index (κ3) is 19.5. The second kappa shape index (κ2) is 29.8.